The van der Waals surface area contributed by atoms with Gasteiger partial charge in [0.05, 0.1) is 6.61 Å². The third-order valence-corrected chi connectivity index (χ3v) is 3.54. The van der Waals surface area contributed by atoms with Gasteiger partial charge in [-0.2, -0.15) is 11.8 Å². The Bertz CT molecular complexity index is 433. The highest BCUT2D eigenvalue weighted by Gasteiger charge is 2.17. The molecule has 0 heterocycles. The quantitative estimate of drug-likeness (QED) is 0.695. The Kier molecular flexibility index (Phi) is 6.38. The van der Waals surface area contributed by atoms with Crippen LogP contribution in [-0.2, 0) is 21.9 Å². The van der Waals surface area contributed by atoms with E-state index >= 15 is 0 Å². The fourth-order valence-electron chi connectivity index (χ4n) is 1.46. The topological polar surface area (TPSA) is 86.6 Å². The van der Waals surface area contributed by atoms with Crippen LogP contribution in [0.4, 0.5) is 0 Å². The normalized spacial score (nSPS) is 11.9. The summed E-state index contributed by atoms with van der Waals surface area (Å²) in [6.45, 7) is 1.31. The second-order valence-corrected chi connectivity index (χ2v) is 5.11. The third kappa shape index (κ3) is 5.76. The highest BCUT2D eigenvalue weighted by Crippen LogP contribution is 2.14. The molecule has 0 aromatic heterocycles. The Labute approximate surface area is 116 Å². The molecule has 0 radical (unpaired) electrons. The average Bonchev–Trinajstić information content (AvgIpc) is 2.37. The number of amides is 1. The number of aliphatic carboxylic acids is 1. The zero-order chi connectivity index (χ0) is 14.3. The molecular formula is C13H17NO4S. The Morgan fingerprint density at radius 3 is 2.32 bits per heavy atom. The lowest BCUT2D eigenvalue weighted by molar-refractivity contribution is -0.140. The molecule has 0 aliphatic carbocycles. The summed E-state index contributed by atoms with van der Waals surface area (Å²) in [4.78, 5) is 21.8. The first-order valence-corrected chi connectivity index (χ1v) is 6.94. The number of carboxylic acid groups (broad SMARTS) is 1. The maximum atomic E-state index is 10.9. The number of nitrogens with one attached hydrogen (secondary N) is 1. The van der Waals surface area contributed by atoms with E-state index in [1.807, 2.05) is 24.3 Å². The van der Waals surface area contributed by atoms with E-state index in [-0.39, 0.29) is 12.5 Å². The molecule has 0 bridgehead atoms. The van der Waals surface area contributed by atoms with Crippen LogP contribution >= 0.6 is 11.8 Å². The molecule has 0 unspecified atom stereocenters. The molecule has 104 valence electrons. The van der Waals surface area contributed by atoms with E-state index in [9.17, 15) is 9.59 Å². The molecule has 1 atom stereocenters. The molecule has 1 aromatic carbocycles. The zero-order valence-corrected chi connectivity index (χ0v) is 11.4. The number of aliphatic hydroxyl groups is 1. The summed E-state index contributed by atoms with van der Waals surface area (Å²) < 4.78 is 0. The summed E-state index contributed by atoms with van der Waals surface area (Å²) in [7, 11) is 0. The van der Waals surface area contributed by atoms with Crippen molar-refractivity contribution in [2.75, 3.05) is 5.75 Å². The monoisotopic (exact) mass is 283 g/mol. The standard InChI is InChI=1S/C13H17NO4S/c1-9(16)14-12(13(17)18)8-19-7-11-4-2-10(6-15)3-5-11/h2-5,12,15H,6-8H2,1H3,(H,14,16)(H,17,18)/t12-/m0/s1. The van der Waals surface area contributed by atoms with Gasteiger partial charge in [-0.1, -0.05) is 24.3 Å². The summed E-state index contributed by atoms with van der Waals surface area (Å²) in [6, 6.07) is 6.59. The fraction of sp³-hybridized carbons (Fsp3) is 0.385. The van der Waals surface area contributed by atoms with Crippen molar-refractivity contribution in [3.63, 3.8) is 0 Å². The molecule has 1 aromatic rings. The second-order valence-electron chi connectivity index (χ2n) is 4.08. The van der Waals surface area contributed by atoms with Gasteiger partial charge in [-0.15, -0.1) is 0 Å². The van der Waals surface area contributed by atoms with Gasteiger partial charge in [0.1, 0.15) is 6.04 Å². The first-order valence-electron chi connectivity index (χ1n) is 5.79. The van der Waals surface area contributed by atoms with E-state index in [0.29, 0.717) is 11.5 Å². The van der Waals surface area contributed by atoms with Crippen molar-refractivity contribution in [2.45, 2.75) is 25.3 Å². The van der Waals surface area contributed by atoms with Crippen LogP contribution in [-0.4, -0.2) is 33.9 Å². The number of hydrogen-bond donors (Lipinski definition) is 3. The van der Waals surface area contributed by atoms with Crippen LogP contribution in [0.3, 0.4) is 0 Å². The highest BCUT2D eigenvalue weighted by molar-refractivity contribution is 7.98. The smallest absolute Gasteiger partial charge is 0.327 e. The van der Waals surface area contributed by atoms with Gasteiger partial charge in [0.2, 0.25) is 5.91 Å². The van der Waals surface area contributed by atoms with Crippen molar-refractivity contribution >= 4 is 23.6 Å². The van der Waals surface area contributed by atoms with Crippen molar-refractivity contribution in [1.82, 2.24) is 5.32 Å². The van der Waals surface area contributed by atoms with Gasteiger partial charge >= 0.3 is 5.97 Å². The van der Waals surface area contributed by atoms with Crippen LogP contribution in [0.5, 0.6) is 0 Å². The number of rotatable bonds is 7. The minimum atomic E-state index is -1.03. The van der Waals surface area contributed by atoms with Crippen LogP contribution in [0.1, 0.15) is 18.1 Å². The van der Waals surface area contributed by atoms with Crippen LogP contribution in [0.2, 0.25) is 0 Å². The number of thioether (sulfide) groups is 1. The average molecular weight is 283 g/mol. The second kappa shape index (κ2) is 7.81. The molecule has 0 aliphatic heterocycles. The van der Waals surface area contributed by atoms with Gasteiger partial charge in [-0.3, -0.25) is 4.79 Å². The molecule has 0 spiro atoms. The molecule has 0 saturated carbocycles. The molecule has 0 saturated heterocycles. The van der Waals surface area contributed by atoms with Gasteiger partial charge in [0.15, 0.2) is 0 Å². The fourth-order valence-corrected chi connectivity index (χ4v) is 2.46. The number of hydrogen-bond acceptors (Lipinski definition) is 4. The predicted molar refractivity (Wildman–Crippen MR) is 73.8 cm³/mol. The number of aliphatic hydroxyl groups excluding tert-OH is 1. The minimum absolute atomic E-state index is 0.0110. The molecule has 6 heteroatoms. The van der Waals surface area contributed by atoms with Crippen molar-refractivity contribution in [2.24, 2.45) is 0 Å². The van der Waals surface area contributed by atoms with E-state index in [0.717, 1.165) is 11.1 Å². The van der Waals surface area contributed by atoms with Gasteiger partial charge in [0.25, 0.3) is 0 Å². The molecule has 1 amide bonds. The number of carboxylic acids is 1. The SMILES string of the molecule is CC(=O)N[C@@H](CSCc1ccc(CO)cc1)C(=O)O. The Balaban J connectivity index is 2.42. The summed E-state index contributed by atoms with van der Waals surface area (Å²) in [5.41, 5.74) is 1.89. The maximum Gasteiger partial charge on any atom is 0.327 e. The summed E-state index contributed by atoms with van der Waals surface area (Å²) >= 11 is 1.44. The number of carbonyl (C=O) groups excluding carboxylic acids is 1. The molecule has 1 rings (SSSR count). The van der Waals surface area contributed by atoms with Crippen molar-refractivity contribution in [3.05, 3.63) is 35.4 Å². The first kappa shape index (κ1) is 15.5. The van der Waals surface area contributed by atoms with E-state index in [2.05, 4.69) is 5.32 Å². The summed E-state index contributed by atoms with van der Waals surface area (Å²) in [5, 5.41) is 20.2. The summed E-state index contributed by atoms with van der Waals surface area (Å²) in [5.74, 6) is -0.398. The van der Waals surface area contributed by atoms with E-state index < -0.39 is 12.0 Å². The predicted octanol–water partition coefficient (Wildman–Crippen LogP) is 1.00. The van der Waals surface area contributed by atoms with Gasteiger partial charge in [0, 0.05) is 18.4 Å². The van der Waals surface area contributed by atoms with E-state index in [4.69, 9.17) is 10.2 Å². The molecule has 0 aliphatic rings. The number of carbonyl (C=O) groups is 2. The molecular weight excluding hydrogens is 266 g/mol. The number of benzene rings is 1. The minimum Gasteiger partial charge on any atom is -0.480 e. The molecule has 19 heavy (non-hydrogen) atoms. The lowest BCUT2D eigenvalue weighted by Crippen LogP contribution is -2.41. The van der Waals surface area contributed by atoms with Gasteiger partial charge < -0.3 is 15.5 Å². The van der Waals surface area contributed by atoms with Crippen LogP contribution < -0.4 is 5.32 Å². The highest BCUT2D eigenvalue weighted by atomic mass is 32.2. The lowest BCUT2D eigenvalue weighted by atomic mass is 10.2. The van der Waals surface area contributed by atoms with Crippen LogP contribution in [0.25, 0.3) is 0 Å². The Hall–Kier alpha value is -1.53. The summed E-state index contributed by atoms with van der Waals surface area (Å²) in [6.07, 6.45) is 0. The van der Waals surface area contributed by atoms with E-state index in [1.165, 1.54) is 18.7 Å². The van der Waals surface area contributed by atoms with Crippen molar-refractivity contribution < 1.29 is 19.8 Å². The zero-order valence-electron chi connectivity index (χ0n) is 10.6. The molecule has 0 fully saturated rings. The van der Waals surface area contributed by atoms with Gasteiger partial charge in [-0.25, -0.2) is 4.79 Å². The van der Waals surface area contributed by atoms with Gasteiger partial charge in [-0.05, 0) is 11.1 Å². The first-order chi connectivity index (χ1) is 9.02. The Morgan fingerprint density at radius 1 is 1.26 bits per heavy atom. The molecule has 5 nitrogen and oxygen atoms in total. The van der Waals surface area contributed by atoms with Crippen molar-refractivity contribution in [1.29, 1.82) is 0 Å². The third-order valence-electron chi connectivity index (χ3n) is 2.43. The maximum absolute atomic E-state index is 10.9. The van der Waals surface area contributed by atoms with Crippen molar-refractivity contribution in [3.8, 4) is 0 Å². The molecule has 3 N–H and O–H groups in total. The van der Waals surface area contributed by atoms with Crippen LogP contribution in [0, 0.1) is 0 Å². The van der Waals surface area contributed by atoms with E-state index in [1.54, 1.807) is 0 Å². The lowest BCUT2D eigenvalue weighted by Gasteiger charge is -2.12. The Morgan fingerprint density at radius 2 is 1.84 bits per heavy atom. The largest absolute Gasteiger partial charge is 0.480 e. The van der Waals surface area contributed by atoms with Crippen LogP contribution in [0.15, 0.2) is 24.3 Å².